The van der Waals surface area contributed by atoms with Crippen molar-refractivity contribution >= 4 is 11.7 Å². The van der Waals surface area contributed by atoms with Gasteiger partial charge in [-0.25, -0.2) is 0 Å². The van der Waals surface area contributed by atoms with Gasteiger partial charge in [-0.2, -0.15) is 5.10 Å². The molecule has 114 valence electrons. The third-order valence-electron chi connectivity index (χ3n) is 4.83. The number of amides is 1. The first-order chi connectivity index (χ1) is 9.83. The third-order valence-corrected chi connectivity index (χ3v) is 4.83. The number of aromatic nitrogens is 2. The summed E-state index contributed by atoms with van der Waals surface area (Å²) >= 11 is 0. The minimum Gasteiger partial charge on any atom is -0.388 e. The molecule has 0 bridgehead atoms. The predicted octanol–water partition coefficient (Wildman–Crippen LogP) is 0.593. The number of ketones is 1. The Bertz CT molecular complexity index is 618. The van der Waals surface area contributed by atoms with Crippen LogP contribution in [0, 0.1) is 19.8 Å². The van der Waals surface area contributed by atoms with Crippen molar-refractivity contribution in [3.8, 4) is 0 Å². The topological polar surface area (TPSA) is 75.4 Å². The lowest BCUT2D eigenvalue weighted by Gasteiger charge is -2.22. The van der Waals surface area contributed by atoms with Crippen LogP contribution in [-0.4, -0.2) is 50.2 Å². The number of carbonyl (C=O) groups is 2. The lowest BCUT2D eigenvalue weighted by atomic mass is 9.97. The van der Waals surface area contributed by atoms with E-state index in [-0.39, 0.29) is 6.54 Å². The lowest BCUT2D eigenvalue weighted by molar-refractivity contribution is -0.126. The summed E-state index contributed by atoms with van der Waals surface area (Å²) in [6.07, 6.45) is 2.61. The molecule has 2 heterocycles. The Morgan fingerprint density at radius 3 is 2.52 bits per heavy atom. The highest BCUT2D eigenvalue weighted by Gasteiger charge is 2.49. The van der Waals surface area contributed by atoms with Crippen LogP contribution < -0.4 is 0 Å². The van der Waals surface area contributed by atoms with E-state index in [1.165, 1.54) is 4.90 Å². The first-order valence-electron chi connectivity index (χ1n) is 7.39. The molecule has 1 atom stereocenters. The first kappa shape index (κ1) is 14.3. The van der Waals surface area contributed by atoms with Gasteiger partial charge in [0.05, 0.1) is 23.4 Å². The maximum absolute atomic E-state index is 12.5. The van der Waals surface area contributed by atoms with Crippen molar-refractivity contribution in [2.24, 2.45) is 13.0 Å². The molecule has 6 heteroatoms. The highest BCUT2D eigenvalue weighted by Crippen LogP contribution is 2.44. The number of hydrogen-bond donors (Lipinski definition) is 1. The van der Waals surface area contributed by atoms with Crippen LogP contribution in [0.15, 0.2) is 0 Å². The van der Waals surface area contributed by atoms with E-state index >= 15 is 0 Å². The van der Waals surface area contributed by atoms with Gasteiger partial charge in [0, 0.05) is 19.3 Å². The average Bonchev–Trinajstić information content (AvgIpc) is 3.17. The van der Waals surface area contributed by atoms with Crippen LogP contribution in [0.2, 0.25) is 0 Å². The van der Waals surface area contributed by atoms with Gasteiger partial charge in [0.2, 0.25) is 0 Å². The summed E-state index contributed by atoms with van der Waals surface area (Å²) in [5.74, 6) is -0.740. The molecule has 1 N–H and O–H groups in total. The minimum absolute atomic E-state index is 0.278. The molecule has 1 aromatic rings. The summed E-state index contributed by atoms with van der Waals surface area (Å²) in [6, 6.07) is 0. The molecule has 6 nitrogen and oxygen atoms in total. The molecule has 1 saturated carbocycles. The number of aliphatic hydroxyl groups is 1. The number of likely N-dealkylation sites (tertiary alicyclic amines) is 1. The largest absolute Gasteiger partial charge is 0.388 e. The van der Waals surface area contributed by atoms with E-state index in [1.54, 1.807) is 25.6 Å². The maximum atomic E-state index is 12.5. The van der Waals surface area contributed by atoms with E-state index in [0.29, 0.717) is 35.8 Å². The molecule has 2 fully saturated rings. The monoisotopic (exact) mass is 291 g/mol. The smallest absolute Gasteiger partial charge is 0.295 e. The Morgan fingerprint density at radius 2 is 2.00 bits per heavy atom. The summed E-state index contributed by atoms with van der Waals surface area (Å²) in [4.78, 5) is 26.4. The lowest BCUT2D eigenvalue weighted by Crippen LogP contribution is -2.40. The second-order valence-electron chi connectivity index (χ2n) is 6.35. The second kappa shape index (κ2) is 4.66. The predicted molar refractivity (Wildman–Crippen MR) is 75.9 cm³/mol. The Kier molecular flexibility index (Phi) is 3.16. The zero-order chi connectivity index (χ0) is 15.4. The van der Waals surface area contributed by atoms with E-state index < -0.39 is 17.3 Å². The Labute approximate surface area is 123 Å². The molecular weight excluding hydrogens is 270 g/mol. The van der Waals surface area contributed by atoms with Crippen LogP contribution in [0.4, 0.5) is 0 Å². The molecular formula is C15H21N3O3. The fraction of sp³-hybridized carbons (Fsp3) is 0.667. The van der Waals surface area contributed by atoms with Gasteiger partial charge in [0.25, 0.3) is 11.7 Å². The number of nitrogens with zero attached hydrogens (tertiary/aromatic N) is 3. The summed E-state index contributed by atoms with van der Waals surface area (Å²) in [5, 5.41) is 14.7. The van der Waals surface area contributed by atoms with E-state index in [2.05, 4.69) is 5.10 Å². The summed E-state index contributed by atoms with van der Waals surface area (Å²) in [7, 11) is 1.76. The van der Waals surface area contributed by atoms with E-state index in [4.69, 9.17) is 0 Å². The summed E-state index contributed by atoms with van der Waals surface area (Å²) in [6.45, 7) is 4.25. The van der Waals surface area contributed by atoms with Crippen molar-refractivity contribution < 1.29 is 14.7 Å². The minimum atomic E-state index is -0.783. The zero-order valence-electron chi connectivity index (χ0n) is 12.7. The van der Waals surface area contributed by atoms with Gasteiger partial charge in [-0.05, 0) is 39.0 Å². The van der Waals surface area contributed by atoms with Crippen LogP contribution in [0.25, 0.3) is 0 Å². The molecule has 1 aliphatic heterocycles. The standard InChI is InChI=1S/C15H21N3O3/c1-9-12(10(2)17(3)16-9)13(19)14(20)18-7-6-15(21,8-18)11-4-5-11/h11,21H,4-8H2,1-3H3. The van der Waals surface area contributed by atoms with Crippen LogP contribution >= 0.6 is 0 Å². The molecule has 2 aliphatic rings. The molecule has 0 aromatic carbocycles. The molecule has 1 aliphatic carbocycles. The Morgan fingerprint density at radius 1 is 1.33 bits per heavy atom. The van der Waals surface area contributed by atoms with Crippen molar-refractivity contribution in [1.29, 1.82) is 0 Å². The molecule has 3 rings (SSSR count). The average molecular weight is 291 g/mol. The maximum Gasteiger partial charge on any atom is 0.295 e. The van der Waals surface area contributed by atoms with Crippen molar-refractivity contribution in [1.82, 2.24) is 14.7 Å². The van der Waals surface area contributed by atoms with Crippen LogP contribution in [-0.2, 0) is 11.8 Å². The first-order valence-corrected chi connectivity index (χ1v) is 7.39. The number of rotatable bonds is 3. The van der Waals surface area contributed by atoms with Crippen molar-refractivity contribution in [2.45, 2.75) is 38.7 Å². The molecule has 1 amide bonds. The molecule has 0 spiro atoms. The van der Waals surface area contributed by atoms with Gasteiger partial charge in [0.1, 0.15) is 0 Å². The van der Waals surface area contributed by atoms with Crippen LogP contribution in [0.5, 0.6) is 0 Å². The second-order valence-corrected chi connectivity index (χ2v) is 6.35. The molecule has 1 aromatic heterocycles. The van der Waals surface area contributed by atoms with Gasteiger partial charge in [-0.15, -0.1) is 0 Å². The van der Waals surface area contributed by atoms with Gasteiger partial charge in [-0.1, -0.05) is 0 Å². The zero-order valence-corrected chi connectivity index (χ0v) is 12.7. The summed E-state index contributed by atoms with van der Waals surface area (Å²) in [5.41, 5.74) is 0.881. The number of carbonyl (C=O) groups excluding carboxylic acids is 2. The molecule has 1 saturated heterocycles. The molecule has 1 unspecified atom stereocenters. The number of hydrogen-bond acceptors (Lipinski definition) is 4. The van der Waals surface area contributed by atoms with Gasteiger partial charge < -0.3 is 10.0 Å². The van der Waals surface area contributed by atoms with Crippen molar-refractivity contribution in [3.05, 3.63) is 17.0 Å². The number of Topliss-reactive ketones (excluding diaryl/α,β-unsaturated/α-hetero) is 1. The summed E-state index contributed by atoms with van der Waals surface area (Å²) < 4.78 is 1.61. The van der Waals surface area contributed by atoms with Gasteiger partial charge in [-0.3, -0.25) is 14.3 Å². The van der Waals surface area contributed by atoms with Crippen LogP contribution in [0.3, 0.4) is 0 Å². The van der Waals surface area contributed by atoms with E-state index in [1.807, 2.05) is 0 Å². The van der Waals surface area contributed by atoms with E-state index in [0.717, 1.165) is 12.8 Å². The van der Waals surface area contributed by atoms with Gasteiger partial charge in [0.15, 0.2) is 0 Å². The molecule has 0 radical (unpaired) electrons. The highest BCUT2D eigenvalue weighted by molar-refractivity contribution is 6.43. The van der Waals surface area contributed by atoms with Gasteiger partial charge >= 0.3 is 0 Å². The van der Waals surface area contributed by atoms with Crippen LogP contribution in [0.1, 0.15) is 41.0 Å². The normalized spacial score (nSPS) is 25.4. The highest BCUT2D eigenvalue weighted by atomic mass is 16.3. The SMILES string of the molecule is Cc1nn(C)c(C)c1C(=O)C(=O)N1CCC(O)(C2CC2)C1. The van der Waals surface area contributed by atoms with Crippen molar-refractivity contribution in [3.63, 3.8) is 0 Å². The number of β-amino-alcohol motifs (C(OH)–C–C–N with tert-alkyl or cyclic N) is 1. The van der Waals surface area contributed by atoms with Crippen molar-refractivity contribution in [2.75, 3.05) is 13.1 Å². The number of aryl methyl sites for hydroxylation is 2. The quantitative estimate of drug-likeness (QED) is 0.653. The fourth-order valence-corrected chi connectivity index (χ4v) is 3.30. The fourth-order valence-electron chi connectivity index (χ4n) is 3.30. The molecule has 21 heavy (non-hydrogen) atoms. The Balaban J connectivity index is 1.78. The van der Waals surface area contributed by atoms with E-state index in [9.17, 15) is 14.7 Å². The Hall–Kier alpha value is -1.69. The third kappa shape index (κ3) is 2.27.